The second kappa shape index (κ2) is 3.56. The zero-order chi connectivity index (χ0) is 9.14. The van der Waals surface area contributed by atoms with Crippen LogP contribution in [0, 0.1) is 5.92 Å². The van der Waals surface area contributed by atoms with Crippen molar-refractivity contribution < 1.29 is 14.4 Å². The van der Waals surface area contributed by atoms with Crippen molar-refractivity contribution in [3.63, 3.8) is 0 Å². The molecule has 0 bridgehead atoms. The molecule has 68 valence electrons. The summed E-state index contributed by atoms with van der Waals surface area (Å²) in [5.74, 6) is 0.593. The Morgan fingerprint density at radius 3 is 2.75 bits per heavy atom. The van der Waals surface area contributed by atoms with Crippen molar-refractivity contribution in [3.8, 4) is 0 Å². The molecule has 0 amide bonds. The summed E-state index contributed by atoms with van der Waals surface area (Å²) in [7, 11) is 0. The Labute approximate surface area is 71.5 Å². The first-order valence-corrected chi connectivity index (χ1v) is 4.08. The SMILES string of the molecule is CCC(=O)C1ON=C(C(C)C)O1. The summed E-state index contributed by atoms with van der Waals surface area (Å²) in [5, 5.41) is 3.66. The average molecular weight is 171 g/mol. The quantitative estimate of drug-likeness (QED) is 0.643. The van der Waals surface area contributed by atoms with Crippen LogP contribution in [-0.2, 0) is 14.4 Å². The number of ether oxygens (including phenoxy) is 1. The largest absolute Gasteiger partial charge is 0.429 e. The van der Waals surface area contributed by atoms with Gasteiger partial charge in [0, 0.05) is 12.3 Å². The van der Waals surface area contributed by atoms with Crippen LogP contribution >= 0.6 is 0 Å². The first-order chi connectivity index (χ1) is 5.65. The van der Waals surface area contributed by atoms with Crippen LogP contribution in [0.5, 0.6) is 0 Å². The van der Waals surface area contributed by atoms with Crippen molar-refractivity contribution in [1.82, 2.24) is 0 Å². The van der Waals surface area contributed by atoms with E-state index in [2.05, 4.69) is 5.16 Å². The monoisotopic (exact) mass is 171 g/mol. The van der Waals surface area contributed by atoms with E-state index in [9.17, 15) is 4.79 Å². The van der Waals surface area contributed by atoms with E-state index in [0.29, 0.717) is 12.3 Å². The molecule has 4 heteroatoms. The van der Waals surface area contributed by atoms with Crippen molar-refractivity contribution in [2.75, 3.05) is 0 Å². The average Bonchev–Trinajstić information content (AvgIpc) is 2.51. The van der Waals surface area contributed by atoms with Crippen molar-refractivity contribution in [2.24, 2.45) is 11.1 Å². The molecule has 0 aromatic carbocycles. The number of ketones is 1. The summed E-state index contributed by atoms with van der Waals surface area (Å²) in [5.41, 5.74) is 0. The standard InChI is InChI=1S/C8H13NO3/c1-4-6(10)8-11-7(5(2)3)9-12-8/h5,8H,4H2,1-3H3. The van der Waals surface area contributed by atoms with E-state index in [1.807, 2.05) is 13.8 Å². The van der Waals surface area contributed by atoms with Crippen molar-refractivity contribution in [3.05, 3.63) is 0 Å². The highest BCUT2D eigenvalue weighted by Gasteiger charge is 2.28. The highest BCUT2D eigenvalue weighted by atomic mass is 16.8. The molecular formula is C8H13NO3. The minimum atomic E-state index is -0.799. The molecule has 1 atom stereocenters. The minimum Gasteiger partial charge on any atom is -0.429 e. The van der Waals surface area contributed by atoms with Gasteiger partial charge >= 0.3 is 6.29 Å². The van der Waals surface area contributed by atoms with Gasteiger partial charge in [0.05, 0.1) is 0 Å². The number of carbonyl (C=O) groups is 1. The molecule has 1 rings (SSSR count). The van der Waals surface area contributed by atoms with Gasteiger partial charge in [-0.2, -0.15) is 0 Å². The van der Waals surface area contributed by atoms with E-state index in [0.717, 1.165) is 0 Å². The first kappa shape index (κ1) is 9.03. The Balaban J connectivity index is 2.47. The third-order valence-corrected chi connectivity index (χ3v) is 1.57. The van der Waals surface area contributed by atoms with Crippen LogP contribution in [-0.4, -0.2) is 18.0 Å². The maximum atomic E-state index is 11.1. The molecule has 0 saturated heterocycles. The lowest BCUT2D eigenvalue weighted by Gasteiger charge is -2.07. The van der Waals surface area contributed by atoms with Gasteiger partial charge in [-0.25, -0.2) is 0 Å². The van der Waals surface area contributed by atoms with Gasteiger partial charge in [0.2, 0.25) is 11.7 Å². The van der Waals surface area contributed by atoms with Crippen LogP contribution in [0.15, 0.2) is 5.16 Å². The Bertz CT molecular complexity index is 210. The maximum Gasteiger partial charge on any atom is 0.325 e. The second-order valence-electron chi connectivity index (χ2n) is 2.96. The van der Waals surface area contributed by atoms with Crippen LogP contribution in [0.1, 0.15) is 27.2 Å². The summed E-state index contributed by atoms with van der Waals surface area (Å²) in [6.07, 6.45) is -0.390. The highest BCUT2D eigenvalue weighted by molar-refractivity contribution is 5.87. The second-order valence-corrected chi connectivity index (χ2v) is 2.96. The molecule has 0 aromatic heterocycles. The number of oxime groups is 1. The number of hydrogen-bond acceptors (Lipinski definition) is 4. The molecule has 1 unspecified atom stereocenters. The Morgan fingerprint density at radius 1 is 1.67 bits per heavy atom. The molecule has 0 N–H and O–H groups in total. The van der Waals surface area contributed by atoms with Crippen LogP contribution in [0.25, 0.3) is 0 Å². The van der Waals surface area contributed by atoms with E-state index in [4.69, 9.17) is 9.57 Å². The van der Waals surface area contributed by atoms with E-state index in [1.165, 1.54) is 0 Å². The van der Waals surface area contributed by atoms with Gasteiger partial charge in [0.1, 0.15) is 0 Å². The summed E-state index contributed by atoms with van der Waals surface area (Å²) in [6, 6.07) is 0. The van der Waals surface area contributed by atoms with Gasteiger partial charge in [-0.3, -0.25) is 4.79 Å². The number of rotatable bonds is 3. The zero-order valence-corrected chi connectivity index (χ0v) is 7.53. The lowest BCUT2D eigenvalue weighted by molar-refractivity contribution is -0.144. The molecule has 0 aromatic rings. The van der Waals surface area contributed by atoms with E-state index in [1.54, 1.807) is 6.92 Å². The molecule has 1 aliphatic heterocycles. The van der Waals surface area contributed by atoms with Gasteiger partial charge in [0.15, 0.2) is 0 Å². The van der Waals surface area contributed by atoms with Crippen LogP contribution in [0.3, 0.4) is 0 Å². The predicted octanol–water partition coefficient (Wildman–Crippen LogP) is 1.31. The molecule has 4 nitrogen and oxygen atoms in total. The van der Waals surface area contributed by atoms with Gasteiger partial charge < -0.3 is 9.57 Å². The molecule has 1 aliphatic rings. The van der Waals surface area contributed by atoms with Gasteiger partial charge in [-0.1, -0.05) is 20.8 Å². The third-order valence-electron chi connectivity index (χ3n) is 1.57. The first-order valence-electron chi connectivity index (χ1n) is 4.08. The summed E-state index contributed by atoms with van der Waals surface area (Å²) >= 11 is 0. The van der Waals surface area contributed by atoms with Crippen molar-refractivity contribution >= 4 is 11.7 Å². The molecule has 0 fully saturated rings. The zero-order valence-electron chi connectivity index (χ0n) is 7.53. The minimum absolute atomic E-state index is 0.0746. The summed E-state index contributed by atoms with van der Waals surface area (Å²) in [6.45, 7) is 5.63. The highest BCUT2D eigenvalue weighted by Crippen LogP contribution is 2.14. The normalized spacial score (nSPS) is 21.7. The fourth-order valence-corrected chi connectivity index (χ4v) is 0.785. The smallest absolute Gasteiger partial charge is 0.325 e. The molecule has 0 aliphatic carbocycles. The molecule has 0 spiro atoms. The summed E-state index contributed by atoms with van der Waals surface area (Å²) < 4.78 is 5.15. The molecular weight excluding hydrogens is 158 g/mol. The third kappa shape index (κ3) is 1.75. The molecule has 1 heterocycles. The fraction of sp³-hybridized carbons (Fsp3) is 0.750. The molecule has 12 heavy (non-hydrogen) atoms. The van der Waals surface area contributed by atoms with Crippen molar-refractivity contribution in [2.45, 2.75) is 33.5 Å². The van der Waals surface area contributed by atoms with E-state index < -0.39 is 6.29 Å². The number of hydrogen-bond donors (Lipinski definition) is 0. The number of nitrogens with zero attached hydrogens (tertiary/aromatic N) is 1. The Morgan fingerprint density at radius 2 is 2.33 bits per heavy atom. The maximum absolute atomic E-state index is 11.1. The summed E-state index contributed by atoms with van der Waals surface area (Å²) in [4.78, 5) is 15.9. The van der Waals surface area contributed by atoms with Gasteiger partial charge in [-0.05, 0) is 5.16 Å². The predicted molar refractivity (Wildman–Crippen MR) is 43.5 cm³/mol. The Kier molecular flexibility index (Phi) is 2.68. The topological polar surface area (TPSA) is 47.9 Å². The number of carbonyl (C=O) groups excluding carboxylic acids is 1. The Hall–Kier alpha value is -1.06. The number of Topliss-reactive ketones (excluding diaryl/α,β-unsaturated/α-hetero) is 1. The lowest BCUT2D eigenvalue weighted by atomic mass is 10.2. The molecule has 0 saturated carbocycles. The molecule has 0 radical (unpaired) electrons. The van der Waals surface area contributed by atoms with Crippen LogP contribution in [0.2, 0.25) is 0 Å². The van der Waals surface area contributed by atoms with E-state index in [-0.39, 0.29) is 11.7 Å². The lowest BCUT2D eigenvalue weighted by Crippen LogP contribution is -2.23. The van der Waals surface area contributed by atoms with Gasteiger partial charge in [-0.15, -0.1) is 0 Å². The van der Waals surface area contributed by atoms with Crippen LogP contribution in [0.4, 0.5) is 0 Å². The fourth-order valence-electron chi connectivity index (χ4n) is 0.785. The van der Waals surface area contributed by atoms with E-state index >= 15 is 0 Å². The van der Waals surface area contributed by atoms with Gasteiger partial charge in [0.25, 0.3) is 0 Å². The van der Waals surface area contributed by atoms with Crippen LogP contribution < -0.4 is 0 Å². The van der Waals surface area contributed by atoms with Crippen molar-refractivity contribution in [1.29, 1.82) is 0 Å².